The number of ether oxygens (including phenoxy) is 3. The van der Waals surface area contributed by atoms with Crippen molar-refractivity contribution >= 4 is 0 Å². The Morgan fingerprint density at radius 1 is 0.864 bits per heavy atom. The van der Waals surface area contributed by atoms with Gasteiger partial charge < -0.3 is 14.2 Å². The lowest BCUT2D eigenvalue weighted by Crippen LogP contribution is -2.45. The van der Waals surface area contributed by atoms with Crippen LogP contribution in [0.2, 0.25) is 0 Å². The van der Waals surface area contributed by atoms with Crippen molar-refractivity contribution in [1.29, 1.82) is 0 Å². The zero-order chi connectivity index (χ0) is 14.8. The summed E-state index contributed by atoms with van der Waals surface area (Å²) in [4.78, 5) is 2.71. The summed E-state index contributed by atoms with van der Waals surface area (Å²) in [5.41, 5.74) is 0. The van der Waals surface area contributed by atoms with E-state index in [4.69, 9.17) is 14.2 Å². The molecule has 4 heteroatoms. The topological polar surface area (TPSA) is 30.9 Å². The number of hydrogen-bond donors (Lipinski definition) is 0. The Labute approximate surface area is 134 Å². The number of likely N-dealkylation sites (tertiary alicyclic amines) is 1. The van der Waals surface area contributed by atoms with Gasteiger partial charge >= 0.3 is 0 Å². The number of rotatable bonds is 6. The Balaban J connectivity index is 1.21. The summed E-state index contributed by atoms with van der Waals surface area (Å²) in [6.45, 7) is 6.19. The van der Waals surface area contributed by atoms with E-state index in [0.29, 0.717) is 18.2 Å². The molecule has 4 rings (SSSR count). The maximum Gasteiger partial charge on any atom is 0.0813 e. The molecule has 0 aromatic heterocycles. The van der Waals surface area contributed by atoms with Crippen LogP contribution in [0.5, 0.6) is 0 Å². The molecule has 4 aliphatic rings. The van der Waals surface area contributed by atoms with Gasteiger partial charge in [-0.05, 0) is 56.8 Å². The van der Waals surface area contributed by atoms with E-state index in [9.17, 15) is 0 Å². The molecule has 0 amide bonds. The Bertz CT molecular complexity index is 354. The lowest BCUT2D eigenvalue weighted by Gasteiger charge is -2.37. The number of nitrogens with zero attached hydrogens (tertiary/aromatic N) is 1. The summed E-state index contributed by atoms with van der Waals surface area (Å²) in [5, 5.41) is 0. The van der Waals surface area contributed by atoms with Gasteiger partial charge in [0.25, 0.3) is 0 Å². The van der Waals surface area contributed by atoms with Crippen molar-refractivity contribution in [2.45, 2.75) is 63.2 Å². The largest absolute Gasteiger partial charge is 0.381 e. The van der Waals surface area contributed by atoms with Gasteiger partial charge in [-0.15, -0.1) is 0 Å². The van der Waals surface area contributed by atoms with Crippen LogP contribution in [-0.2, 0) is 14.2 Å². The highest BCUT2D eigenvalue weighted by atomic mass is 16.5. The third kappa shape index (κ3) is 3.84. The van der Waals surface area contributed by atoms with Crippen LogP contribution in [0.25, 0.3) is 0 Å². The van der Waals surface area contributed by atoms with E-state index in [-0.39, 0.29) is 0 Å². The first-order valence-corrected chi connectivity index (χ1v) is 9.43. The van der Waals surface area contributed by atoms with Crippen LogP contribution in [0.15, 0.2) is 0 Å². The van der Waals surface area contributed by atoms with Crippen LogP contribution in [0, 0.1) is 11.8 Å². The summed E-state index contributed by atoms with van der Waals surface area (Å²) >= 11 is 0. The minimum absolute atomic E-state index is 0.350. The van der Waals surface area contributed by atoms with Crippen molar-refractivity contribution in [1.82, 2.24) is 4.90 Å². The first kappa shape index (κ1) is 15.4. The van der Waals surface area contributed by atoms with Crippen molar-refractivity contribution in [3.8, 4) is 0 Å². The SMILES string of the molecule is C1CC(CN2CC[C@@H]3O[C@H](COCC4CC4)CC[C@@H]32)CCO1. The van der Waals surface area contributed by atoms with Crippen molar-refractivity contribution in [3.05, 3.63) is 0 Å². The van der Waals surface area contributed by atoms with Crippen molar-refractivity contribution in [2.75, 3.05) is 39.5 Å². The van der Waals surface area contributed by atoms with Gasteiger partial charge in [-0.2, -0.15) is 0 Å². The summed E-state index contributed by atoms with van der Waals surface area (Å²) in [7, 11) is 0. The fraction of sp³-hybridized carbons (Fsp3) is 1.00. The Hall–Kier alpha value is -0.160. The van der Waals surface area contributed by atoms with Crippen LogP contribution in [-0.4, -0.2) is 62.7 Å². The molecular formula is C18H31NO3. The fourth-order valence-electron chi connectivity index (χ4n) is 4.35. The predicted octanol–water partition coefficient (Wildman–Crippen LogP) is 2.46. The Kier molecular flexibility index (Phi) is 5.01. The molecule has 3 atom stereocenters. The second-order valence-electron chi connectivity index (χ2n) is 7.76. The van der Waals surface area contributed by atoms with Crippen LogP contribution in [0.4, 0.5) is 0 Å². The third-order valence-electron chi connectivity index (χ3n) is 5.94. The molecule has 22 heavy (non-hydrogen) atoms. The number of fused-ring (bicyclic) bond motifs is 1. The summed E-state index contributed by atoms with van der Waals surface area (Å²) in [5.74, 6) is 1.70. The monoisotopic (exact) mass is 309 g/mol. The summed E-state index contributed by atoms with van der Waals surface area (Å²) < 4.78 is 17.7. The van der Waals surface area contributed by atoms with Crippen LogP contribution in [0.1, 0.15) is 44.9 Å². The maximum atomic E-state index is 6.34. The molecule has 0 unspecified atom stereocenters. The molecule has 4 nitrogen and oxygen atoms in total. The molecular weight excluding hydrogens is 278 g/mol. The van der Waals surface area contributed by atoms with Gasteiger partial charge in [-0.25, -0.2) is 0 Å². The third-order valence-corrected chi connectivity index (χ3v) is 5.94. The Morgan fingerprint density at radius 2 is 1.73 bits per heavy atom. The minimum atomic E-state index is 0.350. The molecule has 3 saturated heterocycles. The smallest absolute Gasteiger partial charge is 0.0813 e. The van der Waals surface area contributed by atoms with Crippen molar-refractivity contribution in [2.24, 2.45) is 11.8 Å². The van der Waals surface area contributed by atoms with E-state index in [0.717, 1.165) is 38.3 Å². The van der Waals surface area contributed by atoms with Crippen LogP contribution in [0.3, 0.4) is 0 Å². The highest BCUT2D eigenvalue weighted by molar-refractivity contribution is 4.93. The average molecular weight is 309 g/mol. The minimum Gasteiger partial charge on any atom is -0.381 e. The van der Waals surface area contributed by atoms with E-state index in [2.05, 4.69) is 4.90 Å². The van der Waals surface area contributed by atoms with Crippen LogP contribution >= 0.6 is 0 Å². The second-order valence-corrected chi connectivity index (χ2v) is 7.76. The summed E-state index contributed by atoms with van der Waals surface area (Å²) in [6.07, 6.45) is 9.73. The zero-order valence-corrected chi connectivity index (χ0v) is 13.8. The first-order valence-electron chi connectivity index (χ1n) is 9.43. The predicted molar refractivity (Wildman–Crippen MR) is 85.0 cm³/mol. The van der Waals surface area contributed by atoms with Gasteiger partial charge in [0.2, 0.25) is 0 Å². The van der Waals surface area contributed by atoms with E-state index >= 15 is 0 Å². The lowest BCUT2D eigenvalue weighted by atomic mass is 9.96. The highest BCUT2D eigenvalue weighted by Crippen LogP contribution is 2.33. The van der Waals surface area contributed by atoms with Gasteiger partial charge in [0.1, 0.15) is 0 Å². The van der Waals surface area contributed by atoms with Crippen molar-refractivity contribution < 1.29 is 14.2 Å². The molecule has 0 aromatic carbocycles. The van der Waals surface area contributed by atoms with E-state index in [1.54, 1.807) is 0 Å². The molecule has 4 fully saturated rings. The molecule has 0 bridgehead atoms. The first-order chi connectivity index (χ1) is 10.9. The molecule has 3 heterocycles. The van der Waals surface area contributed by atoms with E-state index < -0.39 is 0 Å². The zero-order valence-electron chi connectivity index (χ0n) is 13.8. The molecule has 0 aromatic rings. The fourth-order valence-corrected chi connectivity index (χ4v) is 4.35. The molecule has 1 aliphatic carbocycles. The van der Waals surface area contributed by atoms with Crippen molar-refractivity contribution in [3.63, 3.8) is 0 Å². The molecule has 126 valence electrons. The van der Waals surface area contributed by atoms with Gasteiger partial charge in [0.05, 0.1) is 18.8 Å². The van der Waals surface area contributed by atoms with Gasteiger partial charge in [0, 0.05) is 39.0 Å². The second kappa shape index (κ2) is 7.16. The standard InChI is InChI=1S/C18H31NO3/c1-2-15(1)12-21-13-16-3-4-17-18(22-16)5-8-19(17)11-14-6-9-20-10-7-14/h14-18H,1-13H2/t16-,17-,18-/m0/s1. The van der Waals surface area contributed by atoms with E-state index in [1.165, 1.54) is 58.0 Å². The maximum absolute atomic E-state index is 6.34. The normalized spacial score (nSPS) is 37.4. The average Bonchev–Trinajstić information content (AvgIpc) is 3.29. The Morgan fingerprint density at radius 3 is 2.55 bits per heavy atom. The highest BCUT2D eigenvalue weighted by Gasteiger charge is 2.40. The van der Waals surface area contributed by atoms with E-state index in [1.807, 2.05) is 0 Å². The lowest BCUT2D eigenvalue weighted by molar-refractivity contribution is -0.101. The number of hydrogen-bond acceptors (Lipinski definition) is 4. The van der Waals surface area contributed by atoms with Gasteiger partial charge in [-0.3, -0.25) is 4.90 Å². The molecule has 0 spiro atoms. The molecule has 0 radical (unpaired) electrons. The molecule has 3 aliphatic heterocycles. The van der Waals surface area contributed by atoms with Crippen LogP contribution < -0.4 is 0 Å². The molecule has 0 N–H and O–H groups in total. The van der Waals surface area contributed by atoms with Gasteiger partial charge in [-0.1, -0.05) is 0 Å². The van der Waals surface area contributed by atoms with Gasteiger partial charge in [0.15, 0.2) is 0 Å². The summed E-state index contributed by atoms with van der Waals surface area (Å²) in [6, 6.07) is 0.669. The quantitative estimate of drug-likeness (QED) is 0.754. The molecule has 1 saturated carbocycles.